The molecule has 0 fully saturated rings. The lowest BCUT2D eigenvalue weighted by molar-refractivity contribution is -0.117. The first-order chi connectivity index (χ1) is 9.93. The third kappa shape index (κ3) is 6.14. The summed E-state index contributed by atoms with van der Waals surface area (Å²) in [6.45, 7) is 5.39. The molecule has 1 amide bonds. The van der Waals surface area contributed by atoms with Gasteiger partial charge in [-0.25, -0.2) is 0 Å². The highest BCUT2D eigenvalue weighted by atomic mass is 16.5. The topological polar surface area (TPSA) is 67.6 Å². The molecule has 1 aromatic rings. The number of carbonyl (C=O) groups excluding carboxylic acids is 1. The van der Waals surface area contributed by atoms with Gasteiger partial charge in [-0.1, -0.05) is 19.4 Å². The Morgan fingerprint density at radius 2 is 2.14 bits per heavy atom. The first kappa shape index (κ1) is 17.5. The summed E-state index contributed by atoms with van der Waals surface area (Å²) in [6, 6.07) is 5.25. The molecule has 1 unspecified atom stereocenters. The minimum atomic E-state index is -0.481. The molecule has 3 N–H and O–H groups in total. The van der Waals surface area contributed by atoms with Crippen molar-refractivity contribution in [1.29, 1.82) is 0 Å². The predicted molar refractivity (Wildman–Crippen MR) is 86.7 cm³/mol. The summed E-state index contributed by atoms with van der Waals surface area (Å²) >= 11 is 0. The number of carbonyl (C=O) groups is 1. The maximum atomic E-state index is 12.0. The lowest BCUT2D eigenvalue weighted by Crippen LogP contribution is -2.35. The van der Waals surface area contributed by atoms with Crippen molar-refractivity contribution in [2.75, 3.05) is 32.6 Å². The predicted octanol–water partition coefficient (Wildman–Crippen LogP) is 2.00. The zero-order valence-corrected chi connectivity index (χ0v) is 13.5. The SMILES string of the molecule is CCCC(N)C(=O)Nc1ccc(C)cc1OCCN(C)C. The number of nitrogens with one attached hydrogen (secondary N) is 1. The summed E-state index contributed by atoms with van der Waals surface area (Å²) in [5, 5.41) is 2.86. The number of hydrogen-bond acceptors (Lipinski definition) is 4. The number of likely N-dealkylation sites (N-methyl/N-ethyl adjacent to an activating group) is 1. The fraction of sp³-hybridized carbons (Fsp3) is 0.562. The Kier molecular flexibility index (Phi) is 7.19. The van der Waals surface area contributed by atoms with Gasteiger partial charge in [-0.05, 0) is 45.1 Å². The largest absolute Gasteiger partial charge is 0.490 e. The van der Waals surface area contributed by atoms with Crippen LogP contribution in [0.4, 0.5) is 5.69 Å². The fourth-order valence-corrected chi connectivity index (χ4v) is 1.86. The van der Waals surface area contributed by atoms with Crippen LogP contribution in [0.3, 0.4) is 0 Å². The summed E-state index contributed by atoms with van der Waals surface area (Å²) in [7, 11) is 3.98. The van der Waals surface area contributed by atoms with Crippen molar-refractivity contribution in [3.8, 4) is 5.75 Å². The quantitative estimate of drug-likeness (QED) is 0.769. The Labute approximate surface area is 127 Å². The summed E-state index contributed by atoms with van der Waals surface area (Å²) in [4.78, 5) is 14.1. The number of benzene rings is 1. The van der Waals surface area contributed by atoms with Gasteiger partial charge in [0, 0.05) is 6.54 Å². The van der Waals surface area contributed by atoms with Crippen LogP contribution in [0.15, 0.2) is 18.2 Å². The van der Waals surface area contributed by atoms with Gasteiger partial charge in [-0.3, -0.25) is 4.79 Å². The summed E-state index contributed by atoms with van der Waals surface area (Å²) in [5.41, 5.74) is 7.60. The summed E-state index contributed by atoms with van der Waals surface area (Å²) in [5.74, 6) is 0.520. The molecule has 0 aromatic heterocycles. The van der Waals surface area contributed by atoms with Gasteiger partial charge in [-0.2, -0.15) is 0 Å². The van der Waals surface area contributed by atoms with Gasteiger partial charge < -0.3 is 20.7 Å². The van der Waals surface area contributed by atoms with Crippen LogP contribution in [0.2, 0.25) is 0 Å². The minimum absolute atomic E-state index is 0.168. The monoisotopic (exact) mass is 293 g/mol. The van der Waals surface area contributed by atoms with E-state index in [1.807, 2.05) is 51.0 Å². The second kappa shape index (κ2) is 8.64. The van der Waals surface area contributed by atoms with Gasteiger partial charge in [0.15, 0.2) is 0 Å². The van der Waals surface area contributed by atoms with E-state index in [2.05, 4.69) is 5.32 Å². The minimum Gasteiger partial charge on any atom is -0.490 e. The Balaban J connectivity index is 2.74. The number of amides is 1. The first-order valence-corrected chi connectivity index (χ1v) is 7.38. The zero-order chi connectivity index (χ0) is 15.8. The smallest absolute Gasteiger partial charge is 0.241 e. The normalized spacial score (nSPS) is 12.3. The molecule has 5 heteroatoms. The maximum absolute atomic E-state index is 12.0. The van der Waals surface area contributed by atoms with Crippen molar-refractivity contribution in [2.24, 2.45) is 5.73 Å². The van der Waals surface area contributed by atoms with E-state index in [0.29, 0.717) is 24.5 Å². The highest BCUT2D eigenvalue weighted by Crippen LogP contribution is 2.26. The zero-order valence-electron chi connectivity index (χ0n) is 13.5. The average molecular weight is 293 g/mol. The molecule has 0 heterocycles. The molecular formula is C16H27N3O2. The van der Waals surface area contributed by atoms with Crippen LogP contribution < -0.4 is 15.8 Å². The van der Waals surface area contributed by atoms with Gasteiger partial charge in [0.05, 0.1) is 11.7 Å². The number of anilines is 1. The van der Waals surface area contributed by atoms with E-state index in [0.717, 1.165) is 18.5 Å². The van der Waals surface area contributed by atoms with Crippen molar-refractivity contribution in [2.45, 2.75) is 32.7 Å². The highest BCUT2D eigenvalue weighted by molar-refractivity contribution is 5.95. The highest BCUT2D eigenvalue weighted by Gasteiger charge is 2.14. The molecule has 0 bridgehead atoms. The molecule has 0 aliphatic rings. The number of nitrogens with two attached hydrogens (primary N) is 1. The summed E-state index contributed by atoms with van der Waals surface area (Å²) < 4.78 is 5.77. The van der Waals surface area contributed by atoms with Crippen LogP contribution in [0.5, 0.6) is 5.75 Å². The number of nitrogens with zero attached hydrogens (tertiary/aromatic N) is 1. The summed E-state index contributed by atoms with van der Waals surface area (Å²) in [6.07, 6.45) is 1.56. The third-order valence-corrected chi connectivity index (χ3v) is 3.13. The van der Waals surface area contributed by atoms with Gasteiger partial charge >= 0.3 is 0 Å². The van der Waals surface area contributed by atoms with Crippen molar-refractivity contribution >= 4 is 11.6 Å². The van der Waals surface area contributed by atoms with Crippen molar-refractivity contribution in [3.05, 3.63) is 23.8 Å². The van der Waals surface area contributed by atoms with Crippen molar-refractivity contribution in [3.63, 3.8) is 0 Å². The van der Waals surface area contributed by atoms with E-state index in [1.54, 1.807) is 0 Å². The molecule has 0 saturated carbocycles. The van der Waals surface area contributed by atoms with Crippen LogP contribution in [-0.2, 0) is 4.79 Å². The van der Waals surface area contributed by atoms with Gasteiger partial charge in [0.2, 0.25) is 5.91 Å². The maximum Gasteiger partial charge on any atom is 0.241 e. The van der Waals surface area contributed by atoms with Crippen LogP contribution in [0, 0.1) is 6.92 Å². The fourth-order valence-electron chi connectivity index (χ4n) is 1.86. The van der Waals surface area contributed by atoms with E-state index in [-0.39, 0.29) is 5.91 Å². The molecule has 21 heavy (non-hydrogen) atoms. The van der Waals surface area contributed by atoms with E-state index < -0.39 is 6.04 Å². The standard InChI is InChI=1S/C16H27N3O2/c1-5-6-13(17)16(20)18-14-8-7-12(2)11-15(14)21-10-9-19(3)4/h7-8,11,13H,5-6,9-10,17H2,1-4H3,(H,18,20). The molecule has 5 nitrogen and oxygen atoms in total. The van der Waals surface area contributed by atoms with Gasteiger partial charge in [-0.15, -0.1) is 0 Å². The van der Waals surface area contributed by atoms with Crippen LogP contribution in [-0.4, -0.2) is 44.1 Å². The van der Waals surface area contributed by atoms with Crippen LogP contribution in [0.25, 0.3) is 0 Å². The number of aryl methyl sites for hydroxylation is 1. The lowest BCUT2D eigenvalue weighted by Gasteiger charge is -2.17. The average Bonchev–Trinajstić information content (AvgIpc) is 2.41. The molecule has 0 aliphatic heterocycles. The molecule has 1 aromatic carbocycles. The molecular weight excluding hydrogens is 266 g/mol. The number of rotatable bonds is 8. The van der Waals surface area contributed by atoms with Crippen molar-refractivity contribution < 1.29 is 9.53 Å². The Morgan fingerprint density at radius 3 is 2.76 bits per heavy atom. The molecule has 0 aliphatic carbocycles. The molecule has 1 atom stereocenters. The third-order valence-electron chi connectivity index (χ3n) is 3.13. The van der Waals surface area contributed by atoms with Crippen LogP contribution in [0.1, 0.15) is 25.3 Å². The van der Waals surface area contributed by atoms with Crippen molar-refractivity contribution in [1.82, 2.24) is 4.90 Å². The second-order valence-corrected chi connectivity index (χ2v) is 5.54. The molecule has 118 valence electrons. The molecule has 0 radical (unpaired) electrons. The number of hydrogen-bond donors (Lipinski definition) is 2. The van der Waals surface area contributed by atoms with Gasteiger partial charge in [0.25, 0.3) is 0 Å². The van der Waals surface area contributed by atoms with Crippen LogP contribution >= 0.6 is 0 Å². The first-order valence-electron chi connectivity index (χ1n) is 7.38. The second-order valence-electron chi connectivity index (χ2n) is 5.54. The van der Waals surface area contributed by atoms with Gasteiger partial charge in [0.1, 0.15) is 12.4 Å². The number of ether oxygens (including phenoxy) is 1. The molecule has 0 saturated heterocycles. The Morgan fingerprint density at radius 1 is 1.43 bits per heavy atom. The Hall–Kier alpha value is -1.59. The van der Waals surface area contributed by atoms with E-state index in [1.165, 1.54) is 0 Å². The van der Waals surface area contributed by atoms with E-state index >= 15 is 0 Å². The van der Waals surface area contributed by atoms with E-state index in [9.17, 15) is 4.79 Å². The Bertz CT molecular complexity index is 461. The lowest BCUT2D eigenvalue weighted by atomic mass is 10.1. The molecule has 1 rings (SSSR count). The van der Waals surface area contributed by atoms with E-state index in [4.69, 9.17) is 10.5 Å². The molecule has 0 spiro atoms.